The van der Waals surface area contributed by atoms with Crippen molar-refractivity contribution < 1.29 is 9.53 Å². The first-order valence-corrected chi connectivity index (χ1v) is 7.79. The minimum Gasteiger partial charge on any atom is -0.491 e. The van der Waals surface area contributed by atoms with Crippen LogP contribution >= 0.6 is 0 Å². The number of aryl methyl sites for hydroxylation is 1. The number of nitrogens with two attached hydrogens (primary N) is 1. The van der Waals surface area contributed by atoms with Crippen LogP contribution in [0.4, 0.5) is 5.69 Å². The van der Waals surface area contributed by atoms with E-state index in [9.17, 15) is 4.79 Å². The van der Waals surface area contributed by atoms with E-state index in [4.69, 9.17) is 10.5 Å². The fourth-order valence-electron chi connectivity index (χ4n) is 2.82. The van der Waals surface area contributed by atoms with Crippen LogP contribution in [0.5, 0.6) is 5.75 Å². The summed E-state index contributed by atoms with van der Waals surface area (Å²) in [6, 6.07) is 5.93. The first kappa shape index (κ1) is 15.8. The van der Waals surface area contributed by atoms with Crippen molar-refractivity contribution in [3.63, 3.8) is 0 Å². The number of hydrogen-bond donors (Lipinski definition) is 2. The lowest BCUT2D eigenvalue weighted by Crippen LogP contribution is -2.34. The molecule has 1 aliphatic rings. The molecule has 1 fully saturated rings. The number of amides is 1. The van der Waals surface area contributed by atoms with Crippen LogP contribution < -0.4 is 15.8 Å². The monoisotopic (exact) mass is 290 g/mol. The Bertz CT molecular complexity index is 500. The number of carbonyl (C=O) groups is 1. The fourth-order valence-corrected chi connectivity index (χ4v) is 2.82. The van der Waals surface area contributed by atoms with E-state index in [1.54, 1.807) is 0 Å². The van der Waals surface area contributed by atoms with Crippen LogP contribution in [0.2, 0.25) is 0 Å². The molecule has 116 valence electrons. The molecule has 2 atom stereocenters. The zero-order valence-corrected chi connectivity index (χ0v) is 13.2. The molecule has 0 saturated heterocycles. The van der Waals surface area contributed by atoms with Crippen LogP contribution in [0, 0.1) is 12.8 Å². The molecule has 21 heavy (non-hydrogen) atoms. The van der Waals surface area contributed by atoms with Crippen molar-refractivity contribution in [2.75, 3.05) is 5.32 Å². The molecule has 4 nitrogen and oxygen atoms in total. The fraction of sp³-hybridized carbons (Fsp3) is 0.588. The standard InChI is InChI=1S/C17H26N2O2/c1-11(2)21-15-7-8-16(12(3)9-15)19-17(20)13-5-4-6-14(18)10-13/h7-9,11,13-14H,4-6,10,18H2,1-3H3,(H,19,20). The Hall–Kier alpha value is -1.55. The van der Waals surface area contributed by atoms with Crippen LogP contribution in [0.3, 0.4) is 0 Å². The normalized spacial score (nSPS) is 22.1. The Morgan fingerprint density at radius 1 is 1.38 bits per heavy atom. The van der Waals surface area contributed by atoms with Gasteiger partial charge < -0.3 is 15.8 Å². The third-order valence-corrected chi connectivity index (χ3v) is 3.91. The van der Waals surface area contributed by atoms with Crippen molar-refractivity contribution in [3.05, 3.63) is 23.8 Å². The summed E-state index contributed by atoms with van der Waals surface area (Å²) >= 11 is 0. The largest absolute Gasteiger partial charge is 0.491 e. The minimum atomic E-state index is 0.0414. The highest BCUT2D eigenvalue weighted by molar-refractivity contribution is 5.93. The van der Waals surface area contributed by atoms with Crippen molar-refractivity contribution in [2.45, 2.75) is 58.6 Å². The predicted molar refractivity (Wildman–Crippen MR) is 85.5 cm³/mol. The van der Waals surface area contributed by atoms with Crippen molar-refractivity contribution in [1.29, 1.82) is 0 Å². The highest BCUT2D eigenvalue weighted by Gasteiger charge is 2.25. The molecule has 0 heterocycles. The molecule has 4 heteroatoms. The van der Waals surface area contributed by atoms with Gasteiger partial charge in [-0.2, -0.15) is 0 Å². The molecule has 0 aromatic heterocycles. The predicted octanol–water partition coefficient (Wildman–Crippen LogP) is 3.24. The van der Waals surface area contributed by atoms with E-state index in [-0.39, 0.29) is 24.0 Å². The molecule has 0 radical (unpaired) electrons. The number of rotatable bonds is 4. The van der Waals surface area contributed by atoms with Gasteiger partial charge in [-0.25, -0.2) is 0 Å². The third-order valence-electron chi connectivity index (χ3n) is 3.91. The first-order chi connectivity index (χ1) is 9.95. The number of ether oxygens (including phenoxy) is 1. The summed E-state index contributed by atoms with van der Waals surface area (Å²) in [5, 5.41) is 3.03. The summed E-state index contributed by atoms with van der Waals surface area (Å²) in [5.74, 6) is 0.964. The second-order valence-corrected chi connectivity index (χ2v) is 6.26. The molecular formula is C17H26N2O2. The topological polar surface area (TPSA) is 64.3 Å². The summed E-state index contributed by atoms with van der Waals surface area (Å²) in [6.45, 7) is 5.98. The average molecular weight is 290 g/mol. The second-order valence-electron chi connectivity index (χ2n) is 6.26. The third kappa shape index (κ3) is 4.46. The van der Waals surface area contributed by atoms with Crippen molar-refractivity contribution in [3.8, 4) is 5.75 Å². The molecule has 1 amide bonds. The Morgan fingerprint density at radius 3 is 2.76 bits per heavy atom. The van der Waals surface area contributed by atoms with Gasteiger partial charge in [0.05, 0.1) is 6.10 Å². The maximum Gasteiger partial charge on any atom is 0.227 e. The Balaban J connectivity index is 2.00. The molecule has 1 aliphatic carbocycles. The number of carbonyl (C=O) groups excluding carboxylic acids is 1. The van der Waals surface area contributed by atoms with E-state index < -0.39 is 0 Å². The van der Waals surface area contributed by atoms with Gasteiger partial charge >= 0.3 is 0 Å². The van der Waals surface area contributed by atoms with Crippen molar-refractivity contribution >= 4 is 11.6 Å². The Labute approximate surface area is 127 Å². The zero-order chi connectivity index (χ0) is 15.4. The van der Waals surface area contributed by atoms with E-state index in [2.05, 4.69) is 5.32 Å². The molecule has 1 aromatic carbocycles. The highest BCUT2D eigenvalue weighted by atomic mass is 16.5. The molecule has 1 saturated carbocycles. The van der Waals surface area contributed by atoms with Crippen LogP contribution in [-0.2, 0) is 4.79 Å². The van der Waals surface area contributed by atoms with Gasteiger partial charge in [0.1, 0.15) is 5.75 Å². The Kier molecular flexibility index (Phi) is 5.23. The molecule has 2 unspecified atom stereocenters. The van der Waals surface area contributed by atoms with Gasteiger partial charge in [-0.1, -0.05) is 6.42 Å². The lowest BCUT2D eigenvalue weighted by Gasteiger charge is -2.26. The van der Waals surface area contributed by atoms with Gasteiger partial charge in [0.25, 0.3) is 0 Å². The molecule has 2 rings (SSSR count). The molecule has 0 bridgehead atoms. The molecule has 0 spiro atoms. The summed E-state index contributed by atoms with van der Waals surface area (Å²) in [4.78, 5) is 12.3. The van der Waals surface area contributed by atoms with Gasteiger partial charge in [-0.15, -0.1) is 0 Å². The molecular weight excluding hydrogens is 264 g/mol. The maximum atomic E-state index is 12.3. The van der Waals surface area contributed by atoms with Gasteiger partial charge in [0.15, 0.2) is 0 Å². The number of anilines is 1. The van der Waals surface area contributed by atoms with Crippen LogP contribution in [-0.4, -0.2) is 18.1 Å². The lowest BCUT2D eigenvalue weighted by atomic mass is 9.85. The first-order valence-electron chi connectivity index (χ1n) is 7.79. The number of nitrogens with one attached hydrogen (secondary N) is 1. The smallest absolute Gasteiger partial charge is 0.227 e. The molecule has 3 N–H and O–H groups in total. The quantitative estimate of drug-likeness (QED) is 0.894. The molecule has 1 aromatic rings. The van der Waals surface area contributed by atoms with E-state index >= 15 is 0 Å². The second kappa shape index (κ2) is 6.94. The van der Waals surface area contributed by atoms with Gasteiger partial charge in [0.2, 0.25) is 5.91 Å². The highest BCUT2D eigenvalue weighted by Crippen LogP contribution is 2.27. The summed E-state index contributed by atoms with van der Waals surface area (Å²) in [6.07, 6.45) is 3.95. The van der Waals surface area contributed by atoms with Gasteiger partial charge in [-0.3, -0.25) is 4.79 Å². The van der Waals surface area contributed by atoms with E-state index in [0.29, 0.717) is 0 Å². The zero-order valence-electron chi connectivity index (χ0n) is 13.2. The van der Waals surface area contributed by atoms with E-state index in [1.165, 1.54) is 0 Å². The number of benzene rings is 1. The van der Waals surface area contributed by atoms with Crippen LogP contribution in [0.25, 0.3) is 0 Å². The minimum absolute atomic E-state index is 0.0414. The van der Waals surface area contributed by atoms with Crippen molar-refractivity contribution in [1.82, 2.24) is 0 Å². The summed E-state index contributed by atoms with van der Waals surface area (Å²) < 4.78 is 5.66. The van der Waals surface area contributed by atoms with E-state index in [1.807, 2.05) is 39.0 Å². The SMILES string of the molecule is Cc1cc(OC(C)C)ccc1NC(=O)C1CCCC(N)C1. The lowest BCUT2D eigenvalue weighted by molar-refractivity contribution is -0.120. The van der Waals surface area contributed by atoms with Crippen molar-refractivity contribution in [2.24, 2.45) is 11.7 Å². The average Bonchev–Trinajstić information content (AvgIpc) is 2.41. The van der Waals surface area contributed by atoms with E-state index in [0.717, 1.165) is 42.7 Å². The Morgan fingerprint density at radius 2 is 2.14 bits per heavy atom. The van der Waals surface area contributed by atoms with Crippen LogP contribution in [0.1, 0.15) is 45.1 Å². The van der Waals surface area contributed by atoms with Gasteiger partial charge in [0, 0.05) is 17.6 Å². The summed E-state index contributed by atoms with van der Waals surface area (Å²) in [7, 11) is 0. The number of hydrogen-bond acceptors (Lipinski definition) is 3. The van der Waals surface area contributed by atoms with Gasteiger partial charge in [-0.05, 0) is 63.8 Å². The maximum absolute atomic E-state index is 12.3. The summed E-state index contributed by atoms with van der Waals surface area (Å²) in [5.41, 5.74) is 7.83. The molecule has 0 aliphatic heterocycles. The van der Waals surface area contributed by atoms with Crippen LogP contribution in [0.15, 0.2) is 18.2 Å².